The first-order valence-electron chi connectivity index (χ1n) is 5.98. The molecule has 0 aliphatic heterocycles. The third-order valence-electron chi connectivity index (χ3n) is 2.51. The lowest BCUT2D eigenvalue weighted by atomic mass is 10.3. The molecule has 2 aromatic rings. The molecule has 0 unspecified atom stereocenters. The number of hydrogen-bond donors (Lipinski definition) is 2. The predicted octanol–water partition coefficient (Wildman–Crippen LogP) is 2.18. The van der Waals surface area contributed by atoms with Crippen molar-refractivity contribution in [1.82, 2.24) is 5.32 Å². The lowest BCUT2D eigenvalue weighted by molar-refractivity contribution is -0.123. The number of benzene rings is 1. The first-order valence-corrected chi connectivity index (χ1v) is 6.86. The number of halogens is 1. The number of thiophene rings is 1. The Kier molecular flexibility index (Phi) is 4.84. The van der Waals surface area contributed by atoms with Crippen LogP contribution in [0.5, 0.6) is 0 Å². The van der Waals surface area contributed by atoms with E-state index in [0.29, 0.717) is 0 Å². The summed E-state index contributed by atoms with van der Waals surface area (Å²) in [7, 11) is 0. The first kappa shape index (κ1) is 14.2. The minimum Gasteiger partial charge on any atom is -0.347 e. The van der Waals surface area contributed by atoms with E-state index in [4.69, 9.17) is 0 Å². The molecule has 6 heteroatoms. The average Bonchev–Trinajstić information content (AvgIpc) is 2.92. The zero-order valence-corrected chi connectivity index (χ0v) is 11.4. The van der Waals surface area contributed by atoms with Crippen LogP contribution in [0.15, 0.2) is 41.8 Å². The number of carbonyl (C=O) groups excluding carboxylic acids is 2. The van der Waals surface area contributed by atoms with Crippen LogP contribution >= 0.6 is 11.3 Å². The van der Waals surface area contributed by atoms with Crippen LogP contribution in [-0.2, 0) is 16.0 Å². The number of rotatable bonds is 5. The van der Waals surface area contributed by atoms with E-state index in [1.54, 1.807) is 6.07 Å². The van der Waals surface area contributed by atoms with E-state index in [1.807, 2.05) is 17.5 Å². The van der Waals surface area contributed by atoms with Crippen molar-refractivity contribution >= 4 is 28.8 Å². The second-order valence-electron chi connectivity index (χ2n) is 4.06. The van der Waals surface area contributed by atoms with Crippen molar-refractivity contribution in [2.45, 2.75) is 6.42 Å². The molecule has 0 bridgehead atoms. The Labute approximate surface area is 119 Å². The Morgan fingerprint density at radius 3 is 2.60 bits per heavy atom. The molecule has 0 aliphatic carbocycles. The minimum atomic E-state index is -0.509. The van der Waals surface area contributed by atoms with Crippen LogP contribution < -0.4 is 10.6 Å². The van der Waals surface area contributed by atoms with E-state index in [1.165, 1.54) is 29.5 Å². The van der Waals surface area contributed by atoms with Crippen LogP contribution in [0, 0.1) is 5.82 Å². The molecule has 2 amide bonds. The largest absolute Gasteiger partial charge is 0.347 e. The molecule has 0 atom stereocenters. The van der Waals surface area contributed by atoms with Crippen molar-refractivity contribution in [1.29, 1.82) is 0 Å². The van der Waals surface area contributed by atoms with Gasteiger partial charge in [-0.1, -0.05) is 18.2 Å². The summed E-state index contributed by atoms with van der Waals surface area (Å²) in [6.45, 7) is -0.182. The highest BCUT2D eigenvalue weighted by Gasteiger charge is 2.09. The third-order valence-corrected chi connectivity index (χ3v) is 3.39. The maximum Gasteiger partial charge on any atom is 0.243 e. The highest BCUT2D eigenvalue weighted by molar-refractivity contribution is 7.10. The average molecular weight is 292 g/mol. The lowest BCUT2D eigenvalue weighted by Crippen LogP contribution is -2.33. The van der Waals surface area contributed by atoms with Gasteiger partial charge < -0.3 is 10.6 Å². The first-order chi connectivity index (χ1) is 9.65. The van der Waals surface area contributed by atoms with Crippen LogP contribution in [0.4, 0.5) is 10.1 Å². The molecule has 2 N–H and O–H groups in total. The van der Waals surface area contributed by atoms with Crippen molar-refractivity contribution in [2.75, 3.05) is 11.9 Å². The molecule has 0 saturated carbocycles. The van der Waals surface area contributed by atoms with Crippen molar-refractivity contribution in [3.63, 3.8) is 0 Å². The Morgan fingerprint density at radius 2 is 1.90 bits per heavy atom. The molecule has 0 radical (unpaired) electrons. The summed E-state index contributed by atoms with van der Waals surface area (Å²) in [4.78, 5) is 24.1. The maximum absolute atomic E-state index is 13.3. The Bertz CT molecular complexity index is 599. The van der Waals surface area contributed by atoms with Crippen molar-refractivity contribution in [2.24, 2.45) is 0 Å². The molecule has 104 valence electrons. The van der Waals surface area contributed by atoms with Gasteiger partial charge in [0.25, 0.3) is 0 Å². The number of anilines is 1. The monoisotopic (exact) mass is 292 g/mol. The van der Waals surface area contributed by atoms with Gasteiger partial charge in [0.1, 0.15) is 5.82 Å². The number of carbonyl (C=O) groups is 2. The van der Waals surface area contributed by atoms with Gasteiger partial charge in [-0.2, -0.15) is 0 Å². The van der Waals surface area contributed by atoms with Gasteiger partial charge in [-0.3, -0.25) is 9.59 Å². The van der Waals surface area contributed by atoms with Gasteiger partial charge in [-0.25, -0.2) is 4.39 Å². The van der Waals surface area contributed by atoms with Gasteiger partial charge in [-0.15, -0.1) is 11.3 Å². The van der Waals surface area contributed by atoms with Gasteiger partial charge in [0.05, 0.1) is 18.7 Å². The molecule has 2 rings (SSSR count). The predicted molar refractivity (Wildman–Crippen MR) is 76.1 cm³/mol. The van der Waals surface area contributed by atoms with Crippen molar-refractivity contribution in [3.05, 3.63) is 52.5 Å². The summed E-state index contributed by atoms with van der Waals surface area (Å²) in [5, 5.41) is 6.77. The van der Waals surface area contributed by atoms with Gasteiger partial charge >= 0.3 is 0 Å². The summed E-state index contributed by atoms with van der Waals surface area (Å²) in [5.74, 6) is -1.21. The fourth-order valence-electron chi connectivity index (χ4n) is 1.57. The molecule has 0 saturated heterocycles. The fourth-order valence-corrected chi connectivity index (χ4v) is 2.27. The normalized spacial score (nSPS) is 10.1. The standard InChI is InChI=1S/C14H13FN2O2S/c15-11-5-1-2-6-12(11)17-14(19)9-16-13(18)8-10-4-3-7-20-10/h1-7H,8-9H2,(H,16,18)(H,17,19). The molecular weight excluding hydrogens is 279 g/mol. The summed E-state index contributed by atoms with van der Waals surface area (Å²) in [6, 6.07) is 9.58. The Morgan fingerprint density at radius 1 is 1.10 bits per heavy atom. The van der Waals surface area contributed by atoms with Crippen LogP contribution in [0.3, 0.4) is 0 Å². The second-order valence-corrected chi connectivity index (χ2v) is 5.09. The van der Waals surface area contributed by atoms with E-state index in [9.17, 15) is 14.0 Å². The zero-order chi connectivity index (χ0) is 14.4. The fraction of sp³-hybridized carbons (Fsp3) is 0.143. The molecule has 1 aromatic heterocycles. The molecular formula is C14H13FN2O2S. The molecule has 20 heavy (non-hydrogen) atoms. The Hall–Kier alpha value is -2.21. The molecule has 0 fully saturated rings. The van der Waals surface area contributed by atoms with Crippen LogP contribution in [-0.4, -0.2) is 18.4 Å². The van der Waals surface area contributed by atoms with Crippen LogP contribution in [0.25, 0.3) is 0 Å². The molecule has 0 aliphatic rings. The van der Waals surface area contributed by atoms with E-state index in [2.05, 4.69) is 10.6 Å². The molecule has 4 nitrogen and oxygen atoms in total. The zero-order valence-electron chi connectivity index (χ0n) is 10.6. The van der Waals surface area contributed by atoms with Crippen molar-refractivity contribution in [3.8, 4) is 0 Å². The van der Waals surface area contributed by atoms with E-state index in [0.717, 1.165) is 4.88 Å². The highest BCUT2D eigenvalue weighted by atomic mass is 32.1. The SMILES string of the molecule is O=C(Cc1cccs1)NCC(=O)Nc1ccccc1F. The summed E-state index contributed by atoms with van der Waals surface area (Å²) in [5.41, 5.74) is 0.102. The maximum atomic E-state index is 13.3. The summed E-state index contributed by atoms with van der Waals surface area (Å²) in [6.07, 6.45) is 0.241. The summed E-state index contributed by atoms with van der Waals surface area (Å²) >= 11 is 1.48. The van der Waals surface area contributed by atoms with E-state index >= 15 is 0 Å². The van der Waals surface area contributed by atoms with Gasteiger partial charge in [0.2, 0.25) is 11.8 Å². The summed E-state index contributed by atoms with van der Waals surface area (Å²) < 4.78 is 13.3. The molecule has 0 spiro atoms. The second kappa shape index (κ2) is 6.81. The van der Waals surface area contributed by atoms with Gasteiger partial charge in [0.15, 0.2) is 0 Å². The minimum absolute atomic E-state index is 0.102. The molecule has 1 aromatic carbocycles. The van der Waals surface area contributed by atoms with E-state index in [-0.39, 0.29) is 24.6 Å². The Balaban J connectivity index is 1.78. The molecule has 1 heterocycles. The quantitative estimate of drug-likeness (QED) is 0.887. The van der Waals surface area contributed by atoms with Gasteiger partial charge in [0, 0.05) is 4.88 Å². The smallest absolute Gasteiger partial charge is 0.243 e. The van der Waals surface area contributed by atoms with E-state index < -0.39 is 11.7 Å². The number of amides is 2. The third kappa shape index (κ3) is 4.17. The van der Waals surface area contributed by atoms with Gasteiger partial charge in [-0.05, 0) is 23.6 Å². The van der Waals surface area contributed by atoms with Crippen LogP contribution in [0.2, 0.25) is 0 Å². The van der Waals surface area contributed by atoms with Crippen LogP contribution in [0.1, 0.15) is 4.88 Å². The number of para-hydroxylation sites is 1. The topological polar surface area (TPSA) is 58.2 Å². The highest BCUT2D eigenvalue weighted by Crippen LogP contribution is 2.12. The van der Waals surface area contributed by atoms with Crippen molar-refractivity contribution < 1.29 is 14.0 Å². The number of nitrogens with one attached hydrogen (secondary N) is 2. The lowest BCUT2D eigenvalue weighted by Gasteiger charge is -2.07. The number of hydrogen-bond acceptors (Lipinski definition) is 3.